The Morgan fingerprint density at radius 3 is 2.50 bits per heavy atom. The van der Waals surface area contributed by atoms with Crippen molar-refractivity contribution in [3.63, 3.8) is 0 Å². The minimum absolute atomic E-state index is 0.0271. The largest absolute Gasteiger partial charge is 0.396 e. The molecule has 0 aliphatic heterocycles. The fourth-order valence-electron chi connectivity index (χ4n) is 1.58. The second kappa shape index (κ2) is 4.29. The van der Waals surface area contributed by atoms with Crippen molar-refractivity contribution in [2.45, 2.75) is 0 Å². The van der Waals surface area contributed by atoms with Gasteiger partial charge in [0.05, 0.1) is 16.9 Å². The SMILES string of the molecule is N#Cc1cccc(-n2cnc(C#N)c2C#N)c1N. The van der Waals surface area contributed by atoms with Gasteiger partial charge in [-0.15, -0.1) is 0 Å². The fraction of sp³-hybridized carbons (Fsp3) is 0. The number of benzene rings is 1. The van der Waals surface area contributed by atoms with Crippen molar-refractivity contribution in [1.29, 1.82) is 15.8 Å². The number of anilines is 1. The van der Waals surface area contributed by atoms with Crippen LogP contribution in [0, 0.1) is 34.0 Å². The van der Waals surface area contributed by atoms with E-state index in [9.17, 15) is 0 Å². The summed E-state index contributed by atoms with van der Waals surface area (Å²) in [7, 11) is 0. The highest BCUT2D eigenvalue weighted by molar-refractivity contribution is 5.67. The molecule has 0 aliphatic rings. The standard InChI is InChI=1S/C12H6N6/c13-4-8-2-1-3-10(12(8)16)18-7-17-9(5-14)11(18)6-15/h1-3,7H,16H2. The van der Waals surface area contributed by atoms with Gasteiger partial charge < -0.3 is 5.73 Å². The van der Waals surface area contributed by atoms with Crippen LogP contribution >= 0.6 is 0 Å². The molecule has 2 aromatic rings. The maximum absolute atomic E-state index is 9.03. The fourth-order valence-corrected chi connectivity index (χ4v) is 1.58. The summed E-state index contributed by atoms with van der Waals surface area (Å²) in [6.45, 7) is 0. The maximum atomic E-state index is 9.03. The van der Waals surface area contributed by atoms with Gasteiger partial charge in [0.25, 0.3) is 0 Å². The quantitative estimate of drug-likeness (QED) is 0.741. The minimum Gasteiger partial charge on any atom is -0.396 e. The number of nitrogen functional groups attached to an aromatic ring is 1. The molecule has 0 saturated carbocycles. The summed E-state index contributed by atoms with van der Waals surface area (Å²) >= 11 is 0. The first-order valence-electron chi connectivity index (χ1n) is 4.89. The molecule has 1 aromatic heterocycles. The van der Waals surface area contributed by atoms with E-state index < -0.39 is 0 Å². The normalized spacial score (nSPS) is 9.17. The molecular formula is C12H6N6. The number of aromatic nitrogens is 2. The van der Waals surface area contributed by atoms with Crippen LogP contribution in [0.4, 0.5) is 5.69 Å². The molecule has 1 aromatic carbocycles. The van der Waals surface area contributed by atoms with Gasteiger partial charge in [0.1, 0.15) is 24.5 Å². The Morgan fingerprint density at radius 1 is 1.11 bits per heavy atom. The Labute approximate surface area is 103 Å². The predicted molar refractivity (Wildman–Crippen MR) is 62.1 cm³/mol. The molecule has 1 heterocycles. The highest BCUT2D eigenvalue weighted by Gasteiger charge is 2.14. The van der Waals surface area contributed by atoms with Crippen LogP contribution in [0.1, 0.15) is 17.0 Å². The molecule has 6 nitrogen and oxygen atoms in total. The summed E-state index contributed by atoms with van der Waals surface area (Å²) < 4.78 is 1.40. The van der Waals surface area contributed by atoms with Crippen molar-refractivity contribution in [3.05, 3.63) is 41.5 Å². The van der Waals surface area contributed by atoms with Crippen LogP contribution in [0.15, 0.2) is 24.5 Å². The van der Waals surface area contributed by atoms with E-state index >= 15 is 0 Å². The van der Waals surface area contributed by atoms with Crippen molar-refractivity contribution in [3.8, 4) is 23.9 Å². The van der Waals surface area contributed by atoms with Gasteiger partial charge in [0.15, 0.2) is 11.4 Å². The van der Waals surface area contributed by atoms with Gasteiger partial charge >= 0.3 is 0 Å². The van der Waals surface area contributed by atoms with Gasteiger partial charge in [0, 0.05) is 0 Å². The Kier molecular flexibility index (Phi) is 2.67. The highest BCUT2D eigenvalue weighted by Crippen LogP contribution is 2.23. The zero-order chi connectivity index (χ0) is 13.1. The second-order valence-electron chi connectivity index (χ2n) is 3.39. The Bertz CT molecular complexity index is 723. The van der Waals surface area contributed by atoms with E-state index in [-0.39, 0.29) is 17.1 Å². The molecule has 0 atom stereocenters. The second-order valence-corrected chi connectivity index (χ2v) is 3.39. The minimum atomic E-state index is 0.0271. The van der Waals surface area contributed by atoms with Gasteiger partial charge in [0.2, 0.25) is 0 Å². The van der Waals surface area contributed by atoms with E-state index in [1.165, 1.54) is 10.9 Å². The van der Waals surface area contributed by atoms with E-state index in [1.54, 1.807) is 18.2 Å². The molecule has 2 rings (SSSR count). The summed E-state index contributed by atoms with van der Waals surface area (Å²) in [4.78, 5) is 3.82. The molecule has 0 bridgehead atoms. The predicted octanol–water partition coefficient (Wildman–Crippen LogP) is 1.07. The Hall–Kier alpha value is -3.30. The van der Waals surface area contributed by atoms with Crippen LogP contribution in [-0.2, 0) is 0 Å². The third-order valence-electron chi connectivity index (χ3n) is 2.44. The topological polar surface area (TPSA) is 115 Å². The summed E-state index contributed by atoms with van der Waals surface area (Å²) in [5.41, 5.74) is 6.98. The molecule has 18 heavy (non-hydrogen) atoms. The molecular weight excluding hydrogens is 228 g/mol. The number of nitriles is 3. The van der Waals surface area contributed by atoms with Crippen LogP contribution in [-0.4, -0.2) is 9.55 Å². The molecule has 0 aliphatic carbocycles. The number of hydrogen-bond acceptors (Lipinski definition) is 5. The van der Waals surface area contributed by atoms with Crippen LogP contribution in [0.25, 0.3) is 5.69 Å². The molecule has 6 heteroatoms. The Balaban J connectivity index is 2.73. The first kappa shape index (κ1) is 11.2. The van der Waals surface area contributed by atoms with Crippen molar-refractivity contribution in [2.75, 3.05) is 5.73 Å². The van der Waals surface area contributed by atoms with Crippen LogP contribution < -0.4 is 5.73 Å². The number of para-hydroxylation sites is 1. The third-order valence-corrected chi connectivity index (χ3v) is 2.44. The lowest BCUT2D eigenvalue weighted by Crippen LogP contribution is -2.03. The average molecular weight is 234 g/mol. The summed E-state index contributed by atoms with van der Waals surface area (Å²) in [6.07, 6.45) is 1.34. The van der Waals surface area contributed by atoms with Gasteiger partial charge in [-0.25, -0.2) is 4.98 Å². The van der Waals surface area contributed by atoms with Crippen LogP contribution in [0.2, 0.25) is 0 Å². The first-order valence-corrected chi connectivity index (χ1v) is 4.89. The average Bonchev–Trinajstić information content (AvgIpc) is 2.81. The van der Waals surface area contributed by atoms with E-state index in [2.05, 4.69) is 4.98 Å². The van der Waals surface area contributed by atoms with E-state index in [4.69, 9.17) is 21.5 Å². The first-order chi connectivity index (χ1) is 8.72. The summed E-state index contributed by atoms with van der Waals surface area (Å²) in [5, 5.41) is 26.7. The van der Waals surface area contributed by atoms with E-state index in [1.807, 2.05) is 18.2 Å². The number of nitrogens with zero attached hydrogens (tertiary/aromatic N) is 5. The van der Waals surface area contributed by atoms with Crippen molar-refractivity contribution in [1.82, 2.24) is 9.55 Å². The summed E-state index contributed by atoms with van der Waals surface area (Å²) in [6, 6.07) is 10.6. The monoisotopic (exact) mass is 234 g/mol. The van der Waals surface area contributed by atoms with Crippen molar-refractivity contribution < 1.29 is 0 Å². The van der Waals surface area contributed by atoms with Crippen molar-refractivity contribution >= 4 is 5.69 Å². The molecule has 0 radical (unpaired) electrons. The number of imidazole rings is 1. The third kappa shape index (κ3) is 1.53. The van der Waals surface area contributed by atoms with Crippen LogP contribution in [0.5, 0.6) is 0 Å². The zero-order valence-corrected chi connectivity index (χ0v) is 9.12. The number of nitrogens with two attached hydrogens (primary N) is 1. The zero-order valence-electron chi connectivity index (χ0n) is 9.12. The smallest absolute Gasteiger partial charge is 0.177 e. The number of rotatable bonds is 1. The van der Waals surface area contributed by atoms with Crippen LogP contribution in [0.3, 0.4) is 0 Å². The van der Waals surface area contributed by atoms with E-state index in [0.717, 1.165) is 0 Å². The maximum Gasteiger partial charge on any atom is 0.177 e. The molecule has 0 spiro atoms. The Morgan fingerprint density at radius 2 is 1.89 bits per heavy atom. The van der Waals surface area contributed by atoms with Gasteiger partial charge in [-0.05, 0) is 12.1 Å². The number of hydrogen-bond donors (Lipinski definition) is 1. The van der Waals surface area contributed by atoms with Gasteiger partial charge in [-0.2, -0.15) is 15.8 Å². The lowest BCUT2D eigenvalue weighted by Gasteiger charge is -2.08. The molecule has 0 saturated heterocycles. The van der Waals surface area contributed by atoms with Gasteiger partial charge in [-0.3, -0.25) is 4.57 Å². The summed E-state index contributed by atoms with van der Waals surface area (Å²) in [5.74, 6) is 0. The molecule has 84 valence electrons. The molecule has 2 N–H and O–H groups in total. The molecule has 0 unspecified atom stereocenters. The lowest BCUT2D eigenvalue weighted by molar-refractivity contribution is 1.04. The molecule has 0 amide bonds. The van der Waals surface area contributed by atoms with Gasteiger partial charge in [-0.1, -0.05) is 6.07 Å². The highest BCUT2D eigenvalue weighted by atomic mass is 15.1. The van der Waals surface area contributed by atoms with Crippen molar-refractivity contribution in [2.24, 2.45) is 0 Å². The van der Waals surface area contributed by atoms with E-state index in [0.29, 0.717) is 11.3 Å². The molecule has 0 fully saturated rings. The lowest BCUT2D eigenvalue weighted by atomic mass is 10.1.